The van der Waals surface area contributed by atoms with Gasteiger partial charge in [-0.25, -0.2) is 9.97 Å². The van der Waals surface area contributed by atoms with Crippen molar-refractivity contribution < 1.29 is 4.79 Å². The predicted octanol–water partition coefficient (Wildman–Crippen LogP) is 3.65. The lowest BCUT2D eigenvalue weighted by Crippen LogP contribution is -2.11. The van der Waals surface area contributed by atoms with Crippen LogP contribution < -0.4 is 11.1 Å². The summed E-state index contributed by atoms with van der Waals surface area (Å²) in [6, 6.07) is 7.57. The van der Waals surface area contributed by atoms with Gasteiger partial charge in [-0.1, -0.05) is 0 Å². The summed E-state index contributed by atoms with van der Waals surface area (Å²) in [5, 5.41) is 5.87. The van der Waals surface area contributed by atoms with E-state index in [9.17, 15) is 4.79 Å². The molecule has 0 bridgehead atoms. The van der Waals surface area contributed by atoms with E-state index >= 15 is 0 Å². The van der Waals surface area contributed by atoms with Crippen molar-refractivity contribution in [2.24, 2.45) is 0 Å². The molecule has 1 amide bonds. The van der Waals surface area contributed by atoms with Gasteiger partial charge in [0.2, 0.25) is 0 Å². The molecule has 0 saturated heterocycles. The highest BCUT2D eigenvalue weighted by Crippen LogP contribution is 2.34. The minimum atomic E-state index is -0.268. The van der Waals surface area contributed by atoms with Crippen molar-refractivity contribution >= 4 is 49.6 Å². The number of amides is 1. The molecule has 4 rings (SSSR count). The molecule has 24 heavy (non-hydrogen) atoms. The second-order valence-corrected chi connectivity index (χ2v) is 6.81. The summed E-state index contributed by atoms with van der Waals surface area (Å²) in [4.78, 5) is 26.3. The molecule has 4 heterocycles. The molecule has 6 nitrogen and oxygen atoms in total. The number of nitrogen functional groups attached to an aromatic ring is 1. The van der Waals surface area contributed by atoms with Crippen molar-refractivity contribution in [1.82, 2.24) is 15.0 Å². The van der Waals surface area contributed by atoms with Gasteiger partial charge in [-0.05, 0) is 24.3 Å². The van der Waals surface area contributed by atoms with E-state index in [1.54, 1.807) is 24.0 Å². The van der Waals surface area contributed by atoms with Crippen LogP contribution in [0, 0.1) is 0 Å². The minimum Gasteiger partial charge on any atom is -0.397 e. The summed E-state index contributed by atoms with van der Waals surface area (Å²) >= 11 is 2.63. The molecule has 0 saturated carbocycles. The van der Waals surface area contributed by atoms with Crippen LogP contribution in [-0.2, 0) is 0 Å². The van der Waals surface area contributed by atoms with Crippen LogP contribution in [-0.4, -0.2) is 20.9 Å². The number of thiophene rings is 1. The Morgan fingerprint density at radius 3 is 2.71 bits per heavy atom. The minimum absolute atomic E-state index is 0.268. The molecule has 0 atom stereocenters. The number of carbonyl (C=O) groups is 1. The SMILES string of the molecule is Nc1c(C(=O)Nc2nccs2)sc2nc(-c3ccncc3)ccc12. The van der Waals surface area contributed by atoms with Gasteiger partial charge in [0.15, 0.2) is 5.13 Å². The van der Waals surface area contributed by atoms with E-state index in [1.165, 1.54) is 22.7 Å². The zero-order valence-corrected chi connectivity index (χ0v) is 13.9. The third-order valence-electron chi connectivity index (χ3n) is 3.43. The van der Waals surface area contributed by atoms with Gasteiger partial charge in [-0.3, -0.25) is 15.1 Å². The number of pyridine rings is 2. The van der Waals surface area contributed by atoms with Crippen LogP contribution in [0.3, 0.4) is 0 Å². The zero-order valence-electron chi connectivity index (χ0n) is 12.3. The van der Waals surface area contributed by atoms with Gasteiger partial charge in [-0.2, -0.15) is 0 Å². The Balaban J connectivity index is 1.73. The van der Waals surface area contributed by atoms with Crippen molar-refractivity contribution in [2.45, 2.75) is 0 Å². The van der Waals surface area contributed by atoms with Gasteiger partial charge < -0.3 is 5.73 Å². The smallest absolute Gasteiger partial charge is 0.269 e. The van der Waals surface area contributed by atoms with Crippen molar-refractivity contribution in [3.63, 3.8) is 0 Å². The van der Waals surface area contributed by atoms with E-state index in [4.69, 9.17) is 5.73 Å². The number of hydrogen-bond donors (Lipinski definition) is 2. The molecular formula is C16H11N5OS2. The highest BCUT2D eigenvalue weighted by atomic mass is 32.1. The predicted molar refractivity (Wildman–Crippen MR) is 97.3 cm³/mol. The highest BCUT2D eigenvalue weighted by molar-refractivity contribution is 7.21. The van der Waals surface area contributed by atoms with Gasteiger partial charge in [0.1, 0.15) is 9.71 Å². The first kappa shape index (κ1) is 14.7. The van der Waals surface area contributed by atoms with Crippen LogP contribution in [0.25, 0.3) is 21.5 Å². The van der Waals surface area contributed by atoms with Crippen LogP contribution in [0.4, 0.5) is 10.8 Å². The lowest BCUT2D eigenvalue weighted by Gasteiger charge is -2.00. The Bertz CT molecular complexity index is 1010. The molecule has 0 unspecified atom stereocenters. The summed E-state index contributed by atoms with van der Waals surface area (Å²) in [7, 11) is 0. The summed E-state index contributed by atoms with van der Waals surface area (Å²) < 4.78 is 0. The number of aromatic nitrogens is 3. The van der Waals surface area contributed by atoms with Crippen LogP contribution >= 0.6 is 22.7 Å². The number of hydrogen-bond acceptors (Lipinski definition) is 7. The first-order valence-electron chi connectivity index (χ1n) is 7.02. The van der Waals surface area contributed by atoms with Gasteiger partial charge in [0.25, 0.3) is 5.91 Å². The number of anilines is 2. The number of nitrogens with one attached hydrogen (secondary N) is 1. The maximum Gasteiger partial charge on any atom is 0.269 e. The number of nitrogens with zero attached hydrogens (tertiary/aromatic N) is 3. The molecule has 0 spiro atoms. The largest absolute Gasteiger partial charge is 0.397 e. The van der Waals surface area contributed by atoms with Crippen molar-refractivity contribution in [2.75, 3.05) is 11.1 Å². The molecular weight excluding hydrogens is 342 g/mol. The fraction of sp³-hybridized carbons (Fsp3) is 0. The van der Waals surface area contributed by atoms with E-state index in [2.05, 4.69) is 20.3 Å². The Morgan fingerprint density at radius 2 is 1.96 bits per heavy atom. The van der Waals surface area contributed by atoms with Gasteiger partial charge >= 0.3 is 0 Å². The highest BCUT2D eigenvalue weighted by Gasteiger charge is 2.18. The Morgan fingerprint density at radius 1 is 1.12 bits per heavy atom. The van der Waals surface area contributed by atoms with Crippen molar-refractivity contribution in [3.8, 4) is 11.3 Å². The second kappa shape index (κ2) is 5.99. The Hall–Kier alpha value is -2.84. The van der Waals surface area contributed by atoms with Crippen LogP contribution in [0.2, 0.25) is 0 Å². The fourth-order valence-electron chi connectivity index (χ4n) is 2.29. The van der Waals surface area contributed by atoms with Crippen LogP contribution in [0.5, 0.6) is 0 Å². The summed E-state index contributed by atoms with van der Waals surface area (Å²) in [6.07, 6.45) is 5.07. The Kier molecular flexibility index (Phi) is 3.68. The first-order valence-corrected chi connectivity index (χ1v) is 8.72. The average Bonchev–Trinajstić information content (AvgIpc) is 3.23. The maximum absolute atomic E-state index is 12.4. The van der Waals surface area contributed by atoms with Gasteiger partial charge in [-0.15, -0.1) is 22.7 Å². The number of carbonyl (C=O) groups excluding carboxylic acids is 1. The summed E-state index contributed by atoms with van der Waals surface area (Å²) in [5.74, 6) is -0.268. The standard InChI is InChI=1S/C16H11N5OS2/c17-12-10-1-2-11(9-3-5-18-6-4-9)20-15(10)24-13(12)14(22)21-16-19-7-8-23-16/h1-8H,17H2,(H,19,21,22). The zero-order chi connectivity index (χ0) is 16.5. The molecule has 118 valence electrons. The van der Waals surface area contributed by atoms with E-state index < -0.39 is 0 Å². The first-order chi connectivity index (χ1) is 11.7. The van der Waals surface area contributed by atoms with Crippen LogP contribution in [0.1, 0.15) is 9.67 Å². The number of rotatable bonds is 3. The molecule has 3 N–H and O–H groups in total. The normalized spacial score (nSPS) is 10.8. The molecule has 0 aromatic carbocycles. The fourth-order valence-corrected chi connectivity index (χ4v) is 3.80. The molecule has 0 aliphatic rings. The molecule has 4 aromatic rings. The molecule has 4 aromatic heterocycles. The third-order valence-corrected chi connectivity index (χ3v) is 5.23. The van der Waals surface area contributed by atoms with E-state index in [-0.39, 0.29) is 5.91 Å². The average molecular weight is 353 g/mol. The van der Waals surface area contributed by atoms with E-state index in [0.29, 0.717) is 15.7 Å². The molecule has 0 radical (unpaired) electrons. The van der Waals surface area contributed by atoms with Gasteiger partial charge in [0.05, 0.1) is 11.4 Å². The molecule has 8 heteroatoms. The second-order valence-electron chi connectivity index (χ2n) is 4.92. The molecule has 0 aliphatic heterocycles. The van der Waals surface area contributed by atoms with E-state index in [1.807, 2.05) is 24.3 Å². The summed E-state index contributed by atoms with van der Waals surface area (Å²) in [5.41, 5.74) is 8.37. The van der Waals surface area contributed by atoms with Crippen molar-refractivity contribution in [1.29, 1.82) is 0 Å². The molecule has 0 aliphatic carbocycles. The number of fused-ring (bicyclic) bond motifs is 1. The van der Waals surface area contributed by atoms with Gasteiger partial charge in [0, 0.05) is 34.9 Å². The lowest BCUT2D eigenvalue weighted by molar-refractivity contribution is 0.103. The summed E-state index contributed by atoms with van der Waals surface area (Å²) in [6.45, 7) is 0. The monoisotopic (exact) mass is 353 g/mol. The molecule has 0 fully saturated rings. The van der Waals surface area contributed by atoms with E-state index in [0.717, 1.165) is 21.5 Å². The third kappa shape index (κ3) is 2.61. The van der Waals surface area contributed by atoms with Crippen LogP contribution in [0.15, 0.2) is 48.2 Å². The van der Waals surface area contributed by atoms with Crippen molar-refractivity contribution in [3.05, 3.63) is 53.1 Å². The quantitative estimate of drug-likeness (QED) is 0.586. The Labute approximate surface area is 145 Å². The lowest BCUT2D eigenvalue weighted by atomic mass is 10.1. The number of nitrogens with two attached hydrogens (primary N) is 1. The topological polar surface area (TPSA) is 93.8 Å². The number of thiazole rings is 1. The maximum atomic E-state index is 12.4.